The zero-order chi connectivity index (χ0) is 12.0. The van der Waals surface area contributed by atoms with E-state index in [1.165, 1.54) is 0 Å². The number of nitrogens with zero attached hydrogens (tertiary/aromatic N) is 1. The summed E-state index contributed by atoms with van der Waals surface area (Å²) in [5, 5.41) is 6.27. The average Bonchev–Trinajstić information content (AvgIpc) is 2.17. The summed E-state index contributed by atoms with van der Waals surface area (Å²) in [6.07, 6.45) is 0. The molecular formula is C11H23N3O2. The standard InChI is InChI=1S/C11H23N3O2/c1-9-6-14(5-4-12-9)7-11(15)13-10(2)8-16-3/h9-10,12H,4-8H2,1-3H3,(H,13,15)/t9-,10?/m1/s1. The number of piperazine rings is 1. The first-order chi connectivity index (χ1) is 7.61. The minimum Gasteiger partial charge on any atom is -0.383 e. The molecule has 1 heterocycles. The Morgan fingerprint density at radius 1 is 1.69 bits per heavy atom. The van der Waals surface area contributed by atoms with E-state index in [1.54, 1.807) is 7.11 Å². The Labute approximate surface area is 97.5 Å². The second-order valence-corrected chi connectivity index (χ2v) is 4.51. The van der Waals surface area contributed by atoms with E-state index in [4.69, 9.17) is 4.74 Å². The van der Waals surface area contributed by atoms with Crippen LogP contribution < -0.4 is 10.6 Å². The van der Waals surface area contributed by atoms with Gasteiger partial charge < -0.3 is 15.4 Å². The van der Waals surface area contributed by atoms with E-state index < -0.39 is 0 Å². The van der Waals surface area contributed by atoms with Gasteiger partial charge in [-0.3, -0.25) is 9.69 Å². The predicted molar refractivity (Wildman–Crippen MR) is 63.4 cm³/mol. The van der Waals surface area contributed by atoms with Crippen LogP contribution in [0.15, 0.2) is 0 Å². The minimum atomic E-state index is 0.0813. The molecule has 1 saturated heterocycles. The molecule has 2 N–H and O–H groups in total. The Bertz CT molecular complexity index is 223. The lowest BCUT2D eigenvalue weighted by Gasteiger charge is -2.31. The second-order valence-electron chi connectivity index (χ2n) is 4.51. The number of rotatable bonds is 5. The first-order valence-electron chi connectivity index (χ1n) is 5.86. The van der Waals surface area contributed by atoms with E-state index in [0.717, 1.165) is 19.6 Å². The molecule has 5 nitrogen and oxygen atoms in total. The zero-order valence-corrected chi connectivity index (χ0v) is 10.5. The fourth-order valence-electron chi connectivity index (χ4n) is 1.97. The molecule has 94 valence electrons. The Kier molecular flexibility index (Phi) is 5.73. The molecular weight excluding hydrogens is 206 g/mol. The molecule has 1 amide bonds. The van der Waals surface area contributed by atoms with Gasteiger partial charge in [0.25, 0.3) is 0 Å². The average molecular weight is 229 g/mol. The molecule has 1 aliphatic heterocycles. The van der Waals surface area contributed by atoms with Crippen molar-refractivity contribution in [3.63, 3.8) is 0 Å². The molecule has 5 heteroatoms. The quantitative estimate of drug-likeness (QED) is 0.663. The summed E-state index contributed by atoms with van der Waals surface area (Å²) in [5.74, 6) is 0.0821. The van der Waals surface area contributed by atoms with E-state index in [-0.39, 0.29) is 11.9 Å². The molecule has 1 unspecified atom stereocenters. The van der Waals surface area contributed by atoms with Gasteiger partial charge in [-0.15, -0.1) is 0 Å². The predicted octanol–water partition coefficient (Wildman–Crippen LogP) is -0.569. The molecule has 0 aromatic heterocycles. The zero-order valence-electron chi connectivity index (χ0n) is 10.5. The van der Waals surface area contributed by atoms with Crippen LogP contribution in [0.4, 0.5) is 0 Å². The molecule has 1 rings (SSSR count). The van der Waals surface area contributed by atoms with Crippen LogP contribution in [0.3, 0.4) is 0 Å². The molecule has 1 aliphatic rings. The Morgan fingerprint density at radius 2 is 2.44 bits per heavy atom. The molecule has 0 radical (unpaired) electrons. The van der Waals surface area contributed by atoms with Crippen LogP contribution in [0.5, 0.6) is 0 Å². The van der Waals surface area contributed by atoms with Crippen molar-refractivity contribution in [1.29, 1.82) is 0 Å². The summed E-state index contributed by atoms with van der Waals surface area (Å²) in [6.45, 7) is 7.97. The van der Waals surface area contributed by atoms with Crippen LogP contribution in [0, 0.1) is 0 Å². The largest absolute Gasteiger partial charge is 0.383 e. The highest BCUT2D eigenvalue weighted by molar-refractivity contribution is 5.78. The van der Waals surface area contributed by atoms with Crippen LogP contribution in [-0.2, 0) is 9.53 Å². The number of carbonyl (C=O) groups excluding carboxylic acids is 1. The summed E-state index contributed by atoms with van der Waals surface area (Å²) < 4.78 is 4.97. The first kappa shape index (κ1) is 13.4. The second kappa shape index (κ2) is 6.83. The lowest BCUT2D eigenvalue weighted by atomic mass is 10.2. The molecule has 1 fully saturated rings. The van der Waals surface area contributed by atoms with Crippen molar-refractivity contribution >= 4 is 5.91 Å². The molecule has 16 heavy (non-hydrogen) atoms. The molecule has 0 saturated carbocycles. The maximum atomic E-state index is 11.7. The molecule has 0 aromatic rings. The molecule has 0 aliphatic carbocycles. The van der Waals surface area contributed by atoms with Gasteiger partial charge >= 0.3 is 0 Å². The number of hydrogen-bond donors (Lipinski definition) is 2. The van der Waals surface area contributed by atoms with Crippen LogP contribution in [0.2, 0.25) is 0 Å². The summed E-state index contributed by atoms with van der Waals surface area (Å²) in [7, 11) is 1.64. The fraction of sp³-hybridized carbons (Fsp3) is 0.909. The van der Waals surface area contributed by atoms with Gasteiger partial charge in [-0.05, 0) is 13.8 Å². The van der Waals surface area contributed by atoms with Gasteiger partial charge in [-0.1, -0.05) is 0 Å². The highest BCUT2D eigenvalue weighted by Gasteiger charge is 2.18. The third-order valence-electron chi connectivity index (χ3n) is 2.64. The van der Waals surface area contributed by atoms with E-state index in [0.29, 0.717) is 19.2 Å². The van der Waals surface area contributed by atoms with Crippen molar-refractivity contribution in [2.45, 2.75) is 25.9 Å². The van der Waals surface area contributed by atoms with Gasteiger partial charge in [0.1, 0.15) is 0 Å². The molecule has 2 atom stereocenters. The third kappa shape index (κ3) is 4.92. The summed E-state index contributed by atoms with van der Waals surface area (Å²) in [5.41, 5.74) is 0. The highest BCUT2D eigenvalue weighted by Crippen LogP contribution is 1.97. The van der Waals surface area contributed by atoms with Crippen molar-refractivity contribution < 1.29 is 9.53 Å². The number of ether oxygens (including phenoxy) is 1. The summed E-state index contributed by atoms with van der Waals surface area (Å²) in [4.78, 5) is 13.9. The fourth-order valence-corrected chi connectivity index (χ4v) is 1.97. The number of hydrogen-bond acceptors (Lipinski definition) is 4. The van der Waals surface area contributed by atoms with E-state index >= 15 is 0 Å². The van der Waals surface area contributed by atoms with Gasteiger partial charge in [0, 0.05) is 38.8 Å². The van der Waals surface area contributed by atoms with Gasteiger partial charge in [0.15, 0.2) is 0 Å². The van der Waals surface area contributed by atoms with Crippen molar-refractivity contribution in [3.8, 4) is 0 Å². The van der Waals surface area contributed by atoms with Crippen molar-refractivity contribution in [2.75, 3.05) is 39.9 Å². The molecule has 0 bridgehead atoms. The third-order valence-corrected chi connectivity index (χ3v) is 2.64. The van der Waals surface area contributed by atoms with Crippen molar-refractivity contribution in [2.24, 2.45) is 0 Å². The smallest absolute Gasteiger partial charge is 0.234 e. The lowest BCUT2D eigenvalue weighted by Crippen LogP contribution is -2.52. The Balaban J connectivity index is 2.22. The number of methoxy groups -OCH3 is 1. The summed E-state index contributed by atoms with van der Waals surface area (Å²) in [6, 6.07) is 0.552. The highest BCUT2D eigenvalue weighted by atomic mass is 16.5. The van der Waals surface area contributed by atoms with E-state index in [9.17, 15) is 4.79 Å². The maximum Gasteiger partial charge on any atom is 0.234 e. The molecule has 0 spiro atoms. The van der Waals surface area contributed by atoms with Crippen LogP contribution >= 0.6 is 0 Å². The molecule has 0 aromatic carbocycles. The van der Waals surface area contributed by atoms with Crippen molar-refractivity contribution in [3.05, 3.63) is 0 Å². The van der Waals surface area contributed by atoms with Crippen LogP contribution in [0.1, 0.15) is 13.8 Å². The number of carbonyl (C=O) groups is 1. The normalized spacial score (nSPS) is 24.1. The van der Waals surface area contributed by atoms with Gasteiger partial charge in [-0.2, -0.15) is 0 Å². The summed E-state index contributed by atoms with van der Waals surface area (Å²) >= 11 is 0. The van der Waals surface area contributed by atoms with Gasteiger partial charge in [-0.25, -0.2) is 0 Å². The van der Waals surface area contributed by atoms with Gasteiger partial charge in [0.05, 0.1) is 13.2 Å². The van der Waals surface area contributed by atoms with E-state index in [2.05, 4.69) is 22.5 Å². The SMILES string of the molecule is COCC(C)NC(=O)CN1CCN[C@H](C)C1. The Hall–Kier alpha value is -0.650. The van der Waals surface area contributed by atoms with Crippen LogP contribution in [0.25, 0.3) is 0 Å². The van der Waals surface area contributed by atoms with Gasteiger partial charge in [0.2, 0.25) is 5.91 Å². The van der Waals surface area contributed by atoms with Crippen LogP contribution in [-0.4, -0.2) is 62.8 Å². The topological polar surface area (TPSA) is 53.6 Å². The minimum absolute atomic E-state index is 0.0813. The van der Waals surface area contributed by atoms with Crippen molar-refractivity contribution in [1.82, 2.24) is 15.5 Å². The monoisotopic (exact) mass is 229 g/mol. The first-order valence-corrected chi connectivity index (χ1v) is 5.86. The number of amides is 1. The lowest BCUT2D eigenvalue weighted by molar-refractivity contribution is -0.123. The Morgan fingerprint density at radius 3 is 3.06 bits per heavy atom. The number of nitrogens with one attached hydrogen (secondary N) is 2. The maximum absolute atomic E-state index is 11.7. The van der Waals surface area contributed by atoms with E-state index in [1.807, 2.05) is 6.92 Å².